The molecule has 0 saturated heterocycles. The summed E-state index contributed by atoms with van der Waals surface area (Å²) in [5.41, 5.74) is 1.80. The largest absolute Gasteiger partial charge is 0.247 e. The molecule has 0 aliphatic rings. The first kappa shape index (κ1) is 9.70. The van der Waals surface area contributed by atoms with E-state index >= 15 is 0 Å². The average Bonchev–Trinajstić information content (AvgIpc) is 2.15. The molecule has 1 rings (SSSR count). The van der Waals surface area contributed by atoms with E-state index in [4.69, 9.17) is 5.14 Å². The zero-order chi connectivity index (χ0) is 9.52. The van der Waals surface area contributed by atoms with Gasteiger partial charge in [0.05, 0.1) is 0 Å². The van der Waals surface area contributed by atoms with Crippen LogP contribution in [0.3, 0.4) is 0 Å². The van der Waals surface area contributed by atoms with E-state index in [-0.39, 0.29) is 4.21 Å². The van der Waals surface area contributed by atoms with Gasteiger partial charge in [-0.3, -0.25) is 0 Å². The molecule has 1 aromatic heterocycles. The first-order chi connectivity index (χ1) is 5.34. The van der Waals surface area contributed by atoms with Crippen molar-refractivity contribution in [2.45, 2.75) is 25.0 Å². The number of thiophene rings is 1. The summed E-state index contributed by atoms with van der Waals surface area (Å²) < 4.78 is 22.3. The number of nitrogens with two attached hydrogens (primary N) is 1. The normalized spacial score (nSPS) is 12.0. The van der Waals surface area contributed by atoms with Crippen LogP contribution in [-0.4, -0.2) is 8.42 Å². The third-order valence-corrected chi connectivity index (χ3v) is 4.77. The van der Waals surface area contributed by atoms with Crippen LogP contribution in [0.15, 0.2) is 4.21 Å². The van der Waals surface area contributed by atoms with Crippen LogP contribution in [0.1, 0.15) is 16.0 Å². The molecule has 2 N–H and O–H groups in total. The van der Waals surface area contributed by atoms with E-state index in [2.05, 4.69) is 0 Å². The van der Waals surface area contributed by atoms with Gasteiger partial charge >= 0.3 is 0 Å². The molecule has 0 bridgehead atoms. The Bertz CT molecular complexity index is 403. The quantitative estimate of drug-likeness (QED) is 0.751. The molecule has 0 amide bonds. The van der Waals surface area contributed by atoms with E-state index in [1.54, 1.807) is 6.92 Å². The highest BCUT2D eigenvalue weighted by atomic mass is 32.2. The molecule has 12 heavy (non-hydrogen) atoms. The summed E-state index contributed by atoms with van der Waals surface area (Å²) in [5, 5.41) is 5.02. The monoisotopic (exact) mass is 205 g/mol. The Morgan fingerprint density at radius 2 is 1.67 bits per heavy atom. The van der Waals surface area contributed by atoms with Crippen molar-refractivity contribution in [3.05, 3.63) is 16.0 Å². The van der Waals surface area contributed by atoms with Gasteiger partial charge in [0.2, 0.25) is 10.0 Å². The lowest BCUT2D eigenvalue weighted by atomic mass is 10.2. The van der Waals surface area contributed by atoms with Gasteiger partial charge in [0, 0.05) is 4.88 Å². The molecule has 0 saturated carbocycles. The van der Waals surface area contributed by atoms with Gasteiger partial charge < -0.3 is 0 Å². The number of rotatable bonds is 1. The second-order valence-corrected chi connectivity index (χ2v) is 5.72. The molecule has 0 aliphatic heterocycles. The number of sulfonamides is 1. The van der Waals surface area contributed by atoms with E-state index in [9.17, 15) is 8.42 Å². The van der Waals surface area contributed by atoms with Crippen molar-refractivity contribution in [1.82, 2.24) is 0 Å². The van der Waals surface area contributed by atoms with Crippen LogP contribution in [0.2, 0.25) is 0 Å². The van der Waals surface area contributed by atoms with Crippen LogP contribution in [0.5, 0.6) is 0 Å². The molecule has 1 aromatic rings. The van der Waals surface area contributed by atoms with Crippen LogP contribution < -0.4 is 5.14 Å². The summed E-state index contributed by atoms with van der Waals surface area (Å²) in [6.45, 7) is 5.57. The lowest BCUT2D eigenvalue weighted by molar-refractivity contribution is 0.599. The second-order valence-electron chi connectivity index (χ2n) is 2.74. The molecule has 68 valence electrons. The summed E-state index contributed by atoms with van der Waals surface area (Å²) in [7, 11) is -3.52. The Balaban J connectivity index is 3.48. The summed E-state index contributed by atoms with van der Waals surface area (Å²) in [6.07, 6.45) is 0. The highest BCUT2D eigenvalue weighted by Crippen LogP contribution is 2.29. The Morgan fingerprint density at radius 3 is 1.83 bits per heavy atom. The minimum atomic E-state index is -3.52. The highest BCUT2D eigenvalue weighted by molar-refractivity contribution is 7.91. The molecule has 0 spiro atoms. The van der Waals surface area contributed by atoms with Crippen LogP contribution in [-0.2, 0) is 10.0 Å². The third kappa shape index (κ3) is 1.53. The fraction of sp³-hybridized carbons (Fsp3) is 0.429. The van der Waals surface area contributed by atoms with Crippen LogP contribution in [0.4, 0.5) is 0 Å². The SMILES string of the molecule is Cc1sc(S(N)(=O)=O)c(C)c1C. The van der Waals surface area contributed by atoms with Crippen molar-refractivity contribution < 1.29 is 8.42 Å². The molecule has 0 fully saturated rings. The molecule has 5 heteroatoms. The van der Waals surface area contributed by atoms with Crippen molar-refractivity contribution in [2.24, 2.45) is 5.14 Å². The Labute approximate surface area is 76.3 Å². The summed E-state index contributed by atoms with van der Waals surface area (Å²) in [6, 6.07) is 0. The molecule has 0 atom stereocenters. The third-order valence-electron chi connectivity index (χ3n) is 1.90. The summed E-state index contributed by atoms with van der Waals surface area (Å²) >= 11 is 1.23. The molecule has 0 aliphatic carbocycles. The molecule has 0 aromatic carbocycles. The molecule has 3 nitrogen and oxygen atoms in total. The van der Waals surface area contributed by atoms with Gasteiger partial charge in [-0.25, -0.2) is 13.6 Å². The number of hydrogen-bond donors (Lipinski definition) is 1. The Hall–Kier alpha value is -0.390. The van der Waals surface area contributed by atoms with Gasteiger partial charge in [-0.2, -0.15) is 0 Å². The minimum Gasteiger partial charge on any atom is -0.224 e. The van der Waals surface area contributed by atoms with Crippen molar-refractivity contribution in [2.75, 3.05) is 0 Å². The summed E-state index contributed by atoms with van der Waals surface area (Å²) in [5.74, 6) is 0. The van der Waals surface area contributed by atoms with E-state index in [1.165, 1.54) is 11.3 Å². The van der Waals surface area contributed by atoms with Crippen molar-refractivity contribution in [1.29, 1.82) is 0 Å². The molecular formula is C7H11NO2S2. The lowest BCUT2D eigenvalue weighted by Crippen LogP contribution is -2.11. The van der Waals surface area contributed by atoms with Crippen molar-refractivity contribution in [3.63, 3.8) is 0 Å². The Kier molecular flexibility index (Phi) is 2.29. The lowest BCUT2D eigenvalue weighted by Gasteiger charge is -1.94. The van der Waals surface area contributed by atoms with E-state index < -0.39 is 10.0 Å². The second kappa shape index (κ2) is 2.83. The van der Waals surface area contributed by atoms with Crippen LogP contribution >= 0.6 is 11.3 Å². The van der Waals surface area contributed by atoms with Gasteiger partial charge in [0.25, 0.3) is 0 Å². The first-order valence-corrected chi connectivity index (χ1v) is 5.79. The van der Waals surface area contributed by atoms with Gasteiger partial charge in [0.1, 0.15) is 4.21 Å². The van der Waals surface area contributed by atoms with Crippen molar-refractivity contribution in [3.8, 4) is 0 Å². The maximum absolute atomic E-state index is 11.0. The molecular weight excluding hydrogens is 194 g/mol. The predicted molar refractivity (Wildman–Crippen MR) is 49.9 cm³/mol. The fourth-order valence-electron chi connectivity index (χ4n) is 0.981. The Morgan fingerprint density at radius 1 is 1.17 bits per heavy atom. The van der Waals surface area contributed by atoms with E-state index in [0.717, 1.165) is 16.0 Å². The van der Waals surface area contributed by atoms with Gasteiger partial charge in [-0.05, 0) is 31.9 Å². The maximum atomic E-state index is 11.0. The maximum Gasteiger partial charge on any atom is 0.247 e. The average molecular weight is 205 g/mol. The van der Waals surface area contributed by atoms with Gasteiger partial charge in [-0.1, -0.05) is 0 Å². The fourth-order valence-corrected chi connectivity index (χ4v) is 3.29. The number of aryl methyl sites for hydroxylation is 1. The van der Waals surface area contributed by atoms with E-state index in [0.29, 0.717) is 0 Å². The minimum absolute atomic E-state index is 0.289. The van der Waals surface area contributed by atoms with Gasteiger partial charge in [0.15, 0.2) is 0 Å². The predicted octanol–water partition coefficient (Wildman–Crippen LogP) is 1.32. The topological polar surface area (TPSA) is 60.2 Å². The van der Waals surface area contributed by atoms with E-state index in [1.807, 2.05) is 13.8 Å². The molecule has 0 radical (unpaired) electrons. The van der Waals surface area contributed by atoms with Crippen LogP contribution in [0.25, 0.3) is 0 Å². The van der Waals surface area contributed by atoms with Gasteiger partial charge in [-0.15, -0.1) is 11.3 Å². The smallest absolute Gasteiger partial charge is 0.224 e. The highest BCUT2D eigenvalue weighted by Gasteiger charge is 2.17. The number of hydrogen-bond acceptors (Lipinski definition) is 3. The molecule has 0 unspecified atom stereocenters. The first-order valence-electron chi connectivity index (χ1n) is 3.43. The summed E-state index contributed by atoms with van der Waals surface area (Å²) in [4.78, 5) is 1.01. The van der Waals surface area contributed by atoms with Crippen LogP contribution in [0, 0.1) is 20.8 Å². The standard InChI is InChI=1S/C7H11NO2S2/c1-4-5(2)7(11-6(4)3)12(8,9)10/h1-3H3,(H2,8,9,10). The number of primary sulfonamides is 1. The zero-order valence-corrected chi connectivity index (χ0v) is 8.84. The molecule has 1 heterocycles. The van der Waals surface area contributed by atoms with Crippen molar-refractivity contribution >= 4 is 21.4 Å². The zero-order valence-electron chi connectivity index (χ0n) is 7.21.